The maximum Gasteiger partial charge on any atom is 0.194 e. The molecule has 1 aliphatic heterocycles. The average molecular weight is 388 g/mol. The van der Waals surface area contributed by atoms with Gasteiger partial charge in [-0.25, -0.2) is 9.97 Å². The largest absolute Gasteiger partial charge is 0.385 e. The summed E-state index contributed by atoms with van der Waals surface area (Å²) in [7, 11) is 1.72. The van der Waals surface area contributed by atoms with Gasteiger partial charge in [0.1, 0.15) is 11.5 Å². The van der Waals surface area contributed by atoms with Crippen molar-refractivity contribution >= 4 is 22.1 Å². The predicted molar refractivity (Wildman–Crippen MR) is 105 cm³/mol. The molecule has 1 fully saturated rings. The Kier molecular flexibility index (Phi) is 4.85. The van der Waals surface area contributed by atoms with E-state index in [0.717, 1.165) is 40.0 Å². The highest BCUT2D eigenvalue weighted by Gasteiger charge is 2.24. The monoisotopic (exact) mass is 388 g/mol. The van der Waals surface area contributed by atoms with E-state index in [2.05, 4.69) is 20.6 Å². The Morgan fingerprint density at radius 1 is 1.41 bits per heavy atom. The van der Waals surface area contributed by atoms with Crippen LogP contribution in [-0.4, -0.2) is 56.8 Å². The summed E-state index contributed by atoms with van der Waals surface area (Å²) in [6.45, 7) is 5.12. The van der Waals surface area contributed by atoms with Crippen LogP contribution in [0.15, 0.2) is 24.8 Å². The second kappa shape index (κ2) is 7.16. The lowest BCUT2D eigenvalue weighted by Crippen LogP contribution is -2.26. The fourth-order valence-electron chi connectivity index (χ4n) is 3.28. The Hall–Kier alpha value is -2.07. The third kappa shape index (κ3) is 3.81. The van der Waals surface area contributed by atoms with Crippen molar-refractivity contribution in [2.45, 2.75) is 38.0 Å². The number of anilines is 1. The minimum atomic E-state index is -0.897. The molecule has 2 atom stereocenters. The van der Waals surface area contributed by atoms with Crippen molar-refractivity contribution in [2.24, 2.45) is 0 Å². The average Bonchev–Trinajstić information content (AvgIpc) is 3.30. The second-order valence-corrected chi connectivity index (χ2v) is 8.39. The van der Waals surface area contributed by atoms with Crippen molar-refractivity contribution in [1.29, 1.82) is 0 Å². The van der Waals surface area contributed by atoms with Crippen LogP contribution in [0.1, 0.15) is 25.1 Å². The molecule has 8 nitrogen and oxygen atoms in total. The third-order valence-corrected chi connectivity index (χ3v) is 5.96. The summed E-state index contributed by atoms with van der Waals surface area (Å²) in [6, 6.07) is 0.659. The molecule has 0 aromatic carbocycles. The van der Waals surface area contributed by atoms with Gasteiger partial charge in [-0.15, -0.1) is 0 Å². The molecule has 9 heteroatoms. The zero-order chi connectivity index (χ0) is 19.0. The van der Waals surface area contributed by atoms with Crippen LogP contribution >= 0.6 is 11.3 Å². The zero-order valence-electron chi connectivity index (χ0n) is 15.6. The van der Waals surface area contributed by atoms with Gasteiger partial charge in [-0.1, -0.05) is 11.3 Å². The van der Waals surface area contributed by atoms with Crippen LogP contribution in [0.2, 0.25) is 0 Å². The standard InChI is InChI=1S/C18H24N6O2S/c1-18(2,25)15-9-24-14(7-21-17(24)27-15)13-6-19-8-16(23-13)22-11-4-12(10-26-3)20-5-11/h6-9,11-12,20,25H,4-5,10H2,1-3H3,(H,22,23)/t11-,12+/m1/s1. The van der Waals surface area contributed by atoms with Crippen molar-refractivity contribution < 1.29 is 9.84 Å². The number of aromatic nitrogens is 4. The number of ether oxygens (including phenoxy) is 1. The number of nitrogens with zero attached hydrogens (tertiary/aromatic N) is 4. The van der Waals surface area contributed by atoms with Crippen molar-refractivity contribution in [3.63, 3.8) is 0 Å². The second-order valence-electron chi connectivity index (χ2n) is 7.38. The normalized spacial score (nSPS) is 20.4. The fraction of sp³-hybridized carbons (Fsp3) is 0.500. The van der Waals surface area contributed by atoms with E-state index in [4.69, 9.17) is 9.72 Å². The first kappa shape index (κ1) is 18.3. The van der Waals surface area contributed by atoms with Gasteiger partial charge >= 0.3 is 0 Å². The number of nitrogens with one attached hydrogen (secondary N) is 2. The lowest BCUT2D eigenvalue weighted by molar-refractivity contribution is 0.0822. The molecular formula is C18H24N6O2S. The number of imidazole rings is 1. The molecule has 0 unspecified atom stereocenters. The molecule has 144 valence electrons. The molecule has 0 bridgehead atoms. The van der Waals surface area contributed by atoms with E-state index < -0.39 is 5.60 Å². The molecule has 0 saturated carbocycles. The Labute approximate surface area is 161 Å². The molecule has 27 heavy (non-hydrogen) atoms. The van der Waals surface area contributed by atoms with Gasteiger partial charge in [0, 0.05) is 31.9 Å². The molecule has 0 radical (unpaired) electrons. The van der Waals surface area contributed by atoms with Crippen molar-refractivity contribution in [1.82, 2.24) is 24.7 Å². The van der Waals surface area contributed by atoms with Gasteiger partial charge in [0.25, 0.3) is 0 Å². The van der Waals surface area contributed by atoms with Crippen LogP contribution in [0.5, 0.6) is 0 Å². The summed E-state index contributed by atoms with van der Waals surface area (Å²) in [6.07, 6.45) is 8.16. The maximum absolute atomic E-state index is 10.2. The molecule has 1 aliphatic rings. The Bertz CT molecular complexity index is 931. The quantitative estimate of drug-likeness (QED) is 0.593. The smallest absolute Gasteiger partial charge is 0.194 e. The van der Waals surface area contributed by atoms with E-state index in [1.54, 1.807) is 39.5 Å². The van der Waals surface area contributed by atoms with E-state index in [-0.39, 0.29) is 0 Å². The Balaban J connectivity index is 1.56. The van der Waals surface area contributed by atoms with Crippen LogP contribution < -0.4 is 10.6 Å². The lowest BCUT2D eigenvalue weighted by Gasteiger charge is -2.13. The highest BCUT2D eigenvalue weighted by Crippen LogP contribution is 2.31. The first-order chi connectivity index (χ1) is 12.9. The minimum Gasteiger partial charge on any atom is -0.385 e. The molecule has 3 aromatic heterocycles. The summed E-state index contributed by atoms with van der Waals surface area (Å²) >= 11 is 1.47. The van der Waals surface area contributed by atoms with E-state index in [9.17, 15) is 5.11 Å². The van der Waals surface area contributed by atoms with Crippen LogP contribution in [-0.2, 0) is 10.3 Å². The van der Waals surface area contributed by atoms with E-state index in [1.165, 1.54) is 11.3 Å². The molecule has 0 spiro atoms. The van der Waals surface area contributed by atoms with Crippen molar-refractivity contribution in [2.75, 3.05) is 25.6 Å². The highest BCUT2D eigenvalue weighted by atomic mass is 32.1. The molecule has 3 N–H and O–H groups in total. The van der Waals surface area contributed by atoms with Crippen LogP contribution in [0, 0.1) is 0 Å². The molecular weight excluding hydrogens is 364 g/mol. The summed E-state index contributed by atoms with van der Waals surface area (Å²) < 4.78 is 7.17. The molecule has 0 amide bonds. The zero-order valence-corrected chi connectivity index (χ0v) is 16.5. The fourth-order valence-corrected chi connectivity index (χ4v) is 4.24. The third-order valence-electron chi connectivity index (χ3n) is 4.65. The van der Waals surface area contributed by atoms with Gasteiger partial charge in [0.2, 0.25) is 0 Å². The highest BCUT2D eigenvalue weighted by molar-refractivity contribution is 7.17. The molecule has 0 aliphatic carbocycles. The number of rotatable bonds is 6. The summed E-state index contributed by atoms with van der Waals surface area (Å²) in [5.41, 5.74) is 0.702. The number of hydrogen-bond acceptors (Lipinski definition) is 8. The van der Waals surface area contributed by atoms with Gasteiger partial charge in [0.15, 0.2) is 4.96 Å². The Morgan fingerprint density at radius 3 is 3.04 bits per heavy atom. The number of methoxy groups -OCH3 is 1. The number of aliphatic hydroxyl groups is 1. The number of thiazole rings is 1. The number of hydrogen-bond donors (Lipinski definition) is 3. The van der Waals surface area contributed by atoms with Gasteiger partial charge in [0.05, 0.1) is 41.4 Å². The molecule has 3 aromatic rings. The molecule has 1 saturated heterocycles. The topological polar surface area (TPSA) is 96.6 Å². The summed E-state index contributed by atoms with van der Waals surface area (Å²) in [5, 5.41) is 17.1. The molecule has 4 rings (SSSR count). The van der Waals surface area contributed by atoms with Crippen LogP contribution in [0.4, 0.5) is 5.82 Å². The van der Waals surface area contributed by atoms with Crippen LogP contribution in [0.25, 0.3) is 16.3 Å². The van der Waals surface area contributed by atoms with Crippen molar-refractivity contribution in [3.05, 3.63) is 29.7 Å². The van der Waals surface area contributed by atoms with E-state index >= 15 is 0 Å². The first-order valence-corrected chi connectivity index (χ1v) is 9.76. The van der Waals surface area contributed by atoms with Gasteiger partial charge in [-0.2, -0.15) is 0 Å². The van der Waals surface area contributed by atoms with Gasteiger partial charge < -0.3 is 20.5 Å². The maximum atomic E-state index is 10.2. The number of fused-ring (bicyclic) bond motifs is 1. The molecule has 4 heterocycles. The Morgan fingerprint density at radius 2 is 2.26 bits per heavy atom. The first-order valence-electron chi connectivity index (χ1n) is 8.95. The lowest BCUT2D eigenvalue weighted by atomic mass is 10.1. The minimum absolute atomic E-state index is 0.295. The summed E-state index contributed by atoms with van der Waals surface area (Å²) in [4.78, 5) is 15.2. The van der Waals surface area contributed by atoms with Gasteiger partial charge in [-0.3, -0.25) is 9.38 Å². The predicted octanol–water partition coefficient (Wildman–Crippen LogP) is 1.87. The summed E-state index contributed by atoms with van der Waals surface area (Å²) in [5.74, 6) is 0.741. The van der Waals surface area contributed by atoms with E-state index in [1.807, 2.05) is 10.6 Å². The SMILES string of the molecule is COC[C@@H]1C[C@@H](Nc2cncc(-c3cnc4sc(C(C)(C)O)cn34)n2)CN1. The van der Waals surface area contributed by atoms with Crippen LogP contribution in [0.3, 0.4) is 0 Å². The van der Waals surface area contributed by atoms with E-state index in [0.29, 0.717) is 18.7 Å². The van der Waals surface area contributed by atoms with Gasteiger partial charge in [-0.05, 0) is 20.3 Å². The van der Waals surface area contributed by atoms with Crippen molar-refractivity contribution in [3.8, 4) is 11.4 Å².